The molecule has 3 heterocycles. The van der Waals surface area contributed by atoms with Gasteiger partial charge in [-0.25, -0.2) is 19.9 Å². The molecule has 0 atom stereocenters. The number of benzene rings is 6. The minimum atomic E-state index is 0.638. The normalized spacial score (nSPS) is 11.1. The van der Waals surface area contributed by atoms with E-state index in [1.54, 1.807) is 0 Å². The molecule has 3 aromatic heterocycles. The van der Waals surface area contributed by atoms with Crippen LogP contribution in [0.3, 0.4) is 0 Å². The van der Waals surface area contributed by atoms with Crippen LogP contribution >= 0.6 is 0 Å². The van der Waals surface area contributed by atoms with Crippen LogP contribution in [0.2, 0.25) is 0 Å². The van der Waals surface area contributed by atoms with Crippen LogP contribution in [0.1, 0.15) is 0 Å². The van der Waals surface area contributed by atoms with Gasteiger partial charge in [0, 0.05) is 28.6 Å². The summed E-state index contributed by atoms with van der Waals surface area (Å²) in [5.74, 6) is 2.75. The van der Waals surface area contributed by atoms with Gasteiger partial charge in [0.25, 0.3) is 0 Å². The lowest BCUT2D eigenvalue weighted by Gasteiger charge is -2.11. The van der Waals surface area contributed by atoms with Gasteiger partial charge in [0.2, 0.25) is 0 Å². The fourth-order valence-corrected chi connectivity index (χ4v) is 6.37. The zero-order valence-corrected chi connectivity index (χ0v) is 27.5. The Morgan fingerprint density at radius 3 is 1.37 bits per heavy atom. The van der Waals surface area contributed by atoms with Crippen molar-refractivity contribution in [3.63, 3.8) is 0 Å². The number of imidazole rings is 1. The third-order valence-corrected chi connectivity index (χ3v) is 8.96. The van der Waals surface area contributed by atoms with Gasteiger partial charge in [-0.2, -0.15) is 0 Å². The number of para-hydroxylation sites is 3. The summed E-state index contributed by atoms with van der Waals surface area (Å²) in [6.45, 7) is 0. The highest BCUT2D eigenvalue weighted by Gasteiger charge is 2.16. The molecule has 0 aliphatic carbocycles. The van der Waals surface area contributed by atoms with E-state index < -0.39 is 0 Å². The first-order chi connectivity index (χ1) is 25.3. The molecule has 0 N–H and O–H groups in total. The number of fused-ring (bicyclic) bond motifs is 1. The highest BCUT2D eigenvalue weighted by molar-refractivity contribution is 5.83. The molecule has 0 amide bonds. The summed E-state index contributed by atoms with van der Waals surface area (Å²) in [5.41, 5.74) is 11.1. The van der Waals surface area contributed by atoms with Crippen LogP contribution in [0.25, 0.3) is 84.7 Å². The van der Waals surface area contributed by atoms with Crippen molar-refractivity contribution in [3.05, 3.63) is 182 Å². The van der Waals surface area contributed by atoms with Gasteiger partial charge in [-0.05, 0) is 58.7 Å². The van der Waals surface area contributed by atoms with E-state index in [-0.39, 0.29) is 0 Å². The van der Waals surface area contributed by atoms with Gasteiger partial charge in [-0.1, -0.05) is 140 Å². The maximum absolute atomic E-state index is 5.01. The van der Waals surface area contributed by atoms with Crippen molar-refractivity contribution in [3.8, 4) is 73.6 Å². The zero-order chi connectivity index (χ0) is 34.0. The Balaban J connectivity index is 1.01. The first-order valence-electron chi connectivity index (χ1n) is 16.8. The second kappa shape index (κ2) is 13.1. The number of hydrogen-bond donors (Lipinski definition) is 0. The summed E-state index contributed by atoms with van der Waals surface area (Å²) in [6, 6.07) is 59.8. The number of rotatable bonds is 7. The van der Waals surface area contributed by atoms with Crippen LogP contribution in [-0.2, 0) is 0 Å². The van der Waals surface area contributed by atoms with Gasteiger partial charge >= 0.3 is 0 Å². The lowest BCUT2D eigenvalue weighted by molar-refractivity contribution is 1.07. The van der Waals surface area contributed by atoms with Crippen LogP contribution in [0.4, 0.5) is 0 Å². The van der Waals surface area contributed by atoms with Crippen molar-refractivity contribution in [2.75, 3.05) is 0 Å². The second-order valence-corrected chi connectivity index (χ2v) is 12.2. The molecular weight excluding hydrogens is 625 g/mol. The Labute approximate surface area is 295 Å². The highest BCUT2D eigenvalue weighted by atomic mass is 15.1. The molecule has 0 radical (unpaired) electrons. The summed E-state index contributed by atoms with van der Waals surface area (Å²) in [7, 11) is 0. The SMILES string of the molecule is c1ccc(-c2nc(-c3ccccc3)nc(-c3ccc(-c4ccc(-c5ccnc(-c6nc7ccccc7n6-c6ccccc6)c5)cc4)cc3)n2)cc1. The topological polar surface area (TPSA) is 69.4 Å². The van der Waals surface area contributed by atoms with E-state index in [4.69, 9.17) is 24.9 Å². The van der Waals surface area contributed by atoms with Crippen molar-refractivity contribution in [2.45, 2.75) is 0 Å². The molecule has 0 saturated heterocycles. The average Bonchev–Trinajstić information content (AvgIpc) is 3.62. The van der Waals surface area contributed by atoms with E-state index in [2.05, 4.69) is 77.4 Å². The van der Waals surface area contributed by atoms with Crippen LogP contribution in [0.15, 0.2) is 182 Å². The van der Waals surface area contributed by atoms with Gasteiger partial charge in [-0.3, -0.25) is 9.55 Å². The number of aromatic nitrogens is 6. The van der Waals surface area contributed by atoms with Crippen LogP contribution < -0.4 is 0 Å². The molecular formula is C45H30N6. The van der Waals surface area contributed by atoms with Crippen molar-refractivity contribution in [1.29, 1.82) is 0 Å². The van der Waals surface area contributed by atoms with Crippen LogP contribution in [-0.4, -0.2) is 29.5 Å². The van der Waals surface area contributed by atoms with Crippen LogP contribution in [0.5, 0.6) is 0 Å². The Kier molecular flexibility index (Phi) is 7.72. The lowest BCUT2D eigenvalue weighted by Crippen LogP contribution is -2.00. The summed E-state index contributed by atoms with van der Waals surface area (Å²) in [4.78, 5) is 24.3. The predicted molar refractivity (Wildman–Crippen MR) is 205 cm³/mol. The third-order valence-electron chi connectivity index (χ3n) is 8.96. The van der Waals surface area contributed by atoms with E-state index in [9.17, 15) is 0 Å². The Morgan fingerprint density at radius 1 is 0.353 bits per heavy atom. The van der Waals surface area contributed by atoms with Gasteiger partial charge in [0.1, 0.15) is 5.69 Å². The van der Waals surface area contributed by atoms with Gasteiger partial charge < -0.3 is 0 Å². The molecule has 0 saturated carbocycles. The fourth-order valence-electron chi connectivity index (χ4n) is 6.37. The Hall–Kier alpha value is -7.05. The number of hydrogen-bond acceptors (Lipinski definition) is 5. The minimum absolute atomic E-state index is 0.638. The molecule has 9 rings (SSSR count). The average molecular weight is 655 g/mol. The summed E-state index contributed by atoms with van der Waals surface area (Å²) >= 11 is 0. The van der Waals surface area contributed by atoms with Gasteiger partial charge in [0.15, 0.2) is 23.3 Å². The van der Waals surface area contributed by atoms with Crippen molar-refractivity contribution in [2.24, 2.45) is 0 Å². The van der Waals surface area contributed by atoms with Crippen molar-refractivity contribution < 1.29 is 0 Å². The molecule has 0 fully saturated rings. The fraction of sp³-hybridized carbons (Fsp3) is 0. The molecule has 6 aromatic carbocycles. The Morgan fingerprint density at radius 2 is 0.804 bits per heavy atom. The number of pyridine rings is 1. The third kappa shape index (κ3) is 5.96. The summed E-state index contributed by atoms with van der Waals surface area (Å²) in [6.07, 6.45) is 1.86. The molecule has 6 nitrogen and oxygen atoms in total. The van der Waals surface area contributed by atoms with Crippen molar-refractivity contribution >= 4 is 11.0 Å². The van der Waals surface area contributed by atoms with Gasteiger partial charge in [-0.15, -0.1) is 0 Å². The lowest BCUT2D eigenvalue weighted by atomic mass is 9.99. The Bertz CT molecular complexity index is 2540. The molecule has 0 aliphatic rings. The molecule has 0 spiro atoms. The van der Waals surface area contributed by atoms with Crippen molar-refractivity contribution in [1.82, 2.24) is 29.5 Å². The van der Waals surface area contributed by atoms with E-state index in [1.807, 2.05) is 109 Å². The zero-order valence-electron chi connectivity index (χ0n) is 27.5. The van der Waals surface area contributed by atoms with E-state index in [1.165, 1.54) is 0 Å². The molecule has 6 heteroatoms. The maximum atomic E-state index is 5.01. The molecule has 0 aliphatic heterocycles. The van der Waals surface area contributed by atoms with Crippen LogP contribution in [0, 0.1) is 0 Å². The minimum Gasteiger partial charge on any atom is -0.291 e. The molecule has 0 bridgehead atoms. The highest BCUT2D eigenvalue weighted by Crippen LogP contribution is 2.32. The van der Waals surface area contributed by atoms with Gasteiger partial charge in [0.05, 0.1) is 11.0 Å². The molecule has 0 unspecified atom stereocenters. The first-order valence-corrected chi connectivity index (χ1v) is 16.8. The standard InChI is InChI=1S/C45H30N6/c1-4-12-34(13-5-1)42-48-43(35-14-6-2-7-15-35)50-44(49-42)36-26-24-32(25-27-36)31-20-22-33(23-21-31)37-28-29-46-40(30-37)45-47-39-18-10-11-19-41(39)51(45)38-16-8-3-9-17-38/h1-30H. The number of nitrogens with zero attached hydrogens (tertiary/aromatic N) is 6. The summed E-state index contributed by atoms with van der Waals surface area (Å²) < 4.78 is 2.18. The largest absolute Gasteiger partial charge is 0.291 e. The van der Waals surface area contributed by atoms with E-state index in [0.717, 1.165) is 67.2 Å². The quantitative estimate of drug-likeness (QED) is 0.171. The molecule has 240 valence electrons. The maximum Gasteiger partial charge on any atom is 0.164 e. The molecule has 9 aromatic rings. The predicted octanol–water partition coefficient (Wildman–Crippen LogP) is 10.6. The van der Waals surface area contributed by atoms with E-state index >= 15 is 0 Å². The second-order valence-electron chi connectivity index (χ2n) is 12.2. The smallest absolute Gasteiger partial charge is 0.164 e. The van der Waals surface area contributed by atoms with E-state index in [0.29, 0.717) is 17.5 Å². The molecule has 51 heavy (non-hydrogen) atoms. The summed E-state index contributed by atoms with van der Waals surface area (Å²) in [5, 5.41) is 0. The monoisotopic (exact) mass is 654 g/mol. The first kappa shape index (κ1) is 30.0.